The molecule has 1 heterocycles. The molecular weight excluding hydrogens is 446 g/mol. The van der Waals surface area contributed by atoms with Gasteiger partial charge in [-0.2, -0.15) is 0 Å². The van der Waals surface area contributed by atoms with Crippen LogP contribution in [0.2, 0.25) is 0 Å². The van der Waals surface area contributed by atoms with Gasteiger partial charge >= 0.3 is 0 Å². The second kappa shape index (κ2) is 9.71. The largest absolute Gasteiger partial charge is 0.354 e. The molecular formula is C36H39N+2. The summed E-state index contributed by atoms with van der Waals surface area (Å²) in [7, 11) is 0. The summed E-state index contributed by atoms with van der Waals surface area (Å²) in [5, 5.41) is 2.26. The minimum absolute atomic E-state index is 0.511. The van der Waals surface area contributed by atoms with Crippen LogP contribution in [0.25, 0.3) is 23.3 Å². The van der Waals surface area contributed by atoms with Crippen molar-refractivity contribution in [2.75, 3.05) is 0 Å². The highest BCUT2D eigenvalue weighted by Gasteiger charge is 2.43. The van der Waals surface area contributed by atoms with Gasteiger partial charge in [-0.25, -0.2) is 0 Å². The number of allylic oxidation sites excluding steroid dienone is 8. The van der Waals surface area contributed by atoms with Crippen LogP contribution >= 0.6 is 0 Å². The minimum atomic E-state index is 0.511. The SMILES string of the molecule is CC1=CC(/C=c2\cc/c(=C\c3cc(C)c4cc(C(C)C)ccc(C)c3-4)[nH]2)=C2[C+](C)C=CC(C(C)C)=C[C+]12. The molecule has 186 valence electrons. The van der Waals surface area contributed by atoms with Crippen molar-refractivity contribution in [3.63, 3.8) is 0 Å². The number of fused-ring (bicyclic) bond motifs is 2. The van der Waals surface area contributed by atoms with Crippen LogP contribution in [0.1, 0.15) is 69.7 Å². The smallest absolute Gasteiger partial charge is 0.232 e. The van der Waals surface area contributed by atoms with E-state index in [9.17, 15) is 0 Å². The molecule has 0 aromatic carbocycles. The summed E-state index contributed by atoms with van der Waals surface area (Å²) in [4.78, 5) is 3.66. The molecule has 0 saturated carbocycles. The third-order valence-electron chi connectivity index (χ3n) is 7.86. The first kappa shape index (κ1) is 25.1. The van der Waals surface area contributed by atoms with Crippen molar-refractivity contribution in [2.45, 2.75) is 61.3 Å². The molecule has 0 amide bonds. The summed E-state index contributed by atoms with van der Waals surface area (Å²) >= 11 is 0. The summed E-state index contributed by atoms with van der Waals surface area (Å²) in [6.45, 7) is 18.0. The zero-order valence-electron chi connectivity index (χ0n) is 23.6. The van der Waals surface area contributed by atoms with E-state index in [4.69, 9.17) is 0 Å². The molecule has 0 aliphatic heterocycles. The van der Waals surface area contributed by atoms with Gasteiger partial charge < -0.3 is 4.98 Å². The van der Waals surface area contributed by atoms with Gasteiger partial charge in [0.1, 0.15) is 23.5 Å². The Morgan fingerprint density at radius 1 is 0.838 bits per heavy atom. The summed E-state index contributed by atoms with van der Waals surface area (Å²) < 4.78 is 0. The van der Waals surface area contributed by atoms with Crippen LogP contribution in [-0.2, 0) is 0 Å². The summed E-state index contributed by atoms with van der Waals surface area (Å²) in [6.07, 6.45) is 13.9. The number of nitrogens with one attached hydrogen (secondary N) is 1. The maximum Gasteiger partial charge on any atom is 0.232 e. The van der Waals surface area contributed by atoms with Crippen molar-refractivity contribution in [2.24, 2.45) is 5.92 Å². The van der Waals surface area contributed by atoms with Gasteiger partial charge in [-0.3, -0.25) is 0 Å². The van der Waals surface area contributed by atoms with Gasteiger partial charge in [-0.1, -0.05) is 52.0 Å². The fourth-order valence-electron chi connectivity index (χ4n) is 5.64. The molecule has 0 saturated heterocycles. The van der Waals surface area contributed by atoms with Crippen LogP contribution in [0.3, 0.4) is 0 Å². The van der Waals surface area contributed by atoms with E-state index in [2.05, 4.69) is 133 Å². The van der Waals surface area contributed by atoms with Crippen molar-refractivity contribution in [3.8, 4) is 11.1 Å². The van der Waals surface area contributed by atoms with E-state index < -0.39 is 0 Å². The molecule has 1 aromatic rings. The Morgan fingerprint density at radius 2 is 1.57 bits per heavy atom. The summed E-state index contributed by atoms with van der Waals surface area (Å²) in [6, 6.07) is 13.7. The number of aromatic nitrogens is 1. The molecule has 4 aliphatic carbocycles. The quantitative estimate of drug-likeness (QED) is 0.360. The number of hydrogen-bond donors (Lipinski definition) is 1. The summed E-state index contributed by atoms with van der Waals surface area (Å²) in [5.41, 5.74) is 13.4. The van der Waals surface area contributed by atoms with E-state index >= 15 is 0 Å². The molecule has 1 heteroatoms. The predicted octanol–water partition coefficient (Wildman–Crippen LogP) is 8.05. The first-order valence-corrected chi connectivity index (χ1v) is 13.6. The lowest BCUT2D eigenvalue weighted by Gasteiger charge is -2.04. The molecule has 1 aromatic heterocycles. The summed E-state index contributed by atoms with van der Waals surface area (Å²) in [5.74, 6) is 3.70. The van der Waals surface area contributed by atoms with Gasteiger partial charge in [0.2, 0.25) is 5.57 Å². The molecule has 4 aliphatic rings. The number of hydrogen-bond acceptors (Lipinski definition) is 0. The van der Waals surface area contributed by atoms with Gasteiger partial charge in [0, 0.05) is 12.3 Å². The number of aromatic amines is 1. The monoisotopic (exact) mass is 485 g/mol. The Balaban J connectivity index is 1.56. The van der Waals surface area contributed by atoms with E-state index in [1.165, 1.54) is 67.5 Å². The van der Waals surface area contributed by atoms with Gasteiger partial charge in [0.05, 0.1) is 40.8 Å². The van der Waals surface area contributed by atoms with Crippen molar-refractivity contribution in [1.82, 2.24) is 4.98 Å². The van der Waals surface area contributed by atoms with Crippen LogP contribution in [0.15, 0.2) is 83.0 Å². The van der Waals surface area contributed by atoms with E-state index in [1.807, 2.05) is 0 Å². The molecule has 0 bridgehead atoms. The van der Waals surface area contributed by atoms with E-state index in [1.54, 1.807) is 0 Å². The van der Waals surface area contributed by atoms with Crippen LogP contribution in [0.5, 0.6) is 0 Å². The second-order valence-corrected chi connectivity index (χ2v) is 11.4. The Labute approximate surface area is 223 Å². The van der Waals surface area contributed by atoms with Crippen molar-refractivity contribution in [3.05, 3.63) is 128 Å². The number of H-pyrrole nitrogens is 1. The zero-order chi connectivity index (χ0) is 26.4. The molecule has 0 spiro atoms. The van der Waals surface area contributed by atoms with E-state index in [0.29, 0.717) is 11.8 Å². The topological polar surface area (TPSA) is 15.8 Å². The Kier molecular flexibility index (Phi) is 6.58. The predicted molar refractivity (Wildman–Crippen MR) is 160 cm³/mol. The average Bonchev–Trinajstić information content (AvgIpc) is 3.39. The molecule has 1 nitrogen and oxygen atoms in total. The molecule has 1 N–H and O–H groups in total. The Morgan fingerprint density at radius 3 is 2.27 bits per heavy atom. The minimum Gasteiger partial charge on any atom is -0.354 e. The molecule has 0 radical (unpaired) electrons. The normalized spacial score (nSPS) is 16.9. The molecule has 0 unspecified atom stereocenters. The maximum absolute atomic E-state index is 3.66. The zero-order valence-corrected chi connectivity index (χ0v) is 23.6. The van der Waals surface area contributed by atoms with Gasteiger partial charge in [0.15, 0.2) is 0 Å². The first-order valence-electron chi connectivity index (χ1n) is 13.6. The van der Waals surface area contributed by atoms with E-state index in [0.717, 1.165) is 10.7 Å². The van der Waals surface area contributed by atoms with Crippen LogP contribution in [-0.4, -0.2) is 4.98 Å². The number of aryl methyl sites for hydroxylation is 2. The highest BCUT2D eigenvalue weighted by atomic mass is 14.7. The lowest BCUT2D eigenvalue weighted by molar-refractivity contribution is 0.789. The Bertz CT molecular complexity index is 1560. The van der Waals surface area contributed by atoms with Gasteiger partial charge in [-0.05, 0) is 84.2 Å². The van der Waals surface area contributed by atoms with Crippen molar-refractivity contribution >= 4 is 12.2 Å². The third kappa shape index (κ3) is 4.76. The maximum atomic E-state index is 3.66. The standard InChI is InChI=1S/C36H39N/c1-21(2)27-11-9-23(5)35-29(15-25(7)33(35)19-27)17-31-13-14-32(37-31)18-30-16-26(8)34-20-28(22(3)4)12-10-24(6)36(30)34/h9-22,37H,1-8H3/q+2/b31-17+,32-18+. The van der Waals surface area contributed by atoms with E-state index in [-0.39, 0.29) is 0 Å². The first-order chi connectivity index (χ1) is 17.6. The van der Waals surface area contributed by atoms with Crippen LogP contribution in [0, 0.1) is 31.6 Å². The highest BCUT2D eigenvalue weighted by Crippen LogP contribution is 2.44. The van der Waals surface area contributed by atoms with Gasteiger partial charge in [-0.15, -0.1) is 0 Å². The van der Waals surface area contributed by atoms with Crippen LogP contribution in [0.4, 0.5) is 0 Å². The fourth-order valence-corrected chi connectivity index (χ4v) is 5.64. The van der Waals surface area contributed by atoms with Gasteiger partial charge in [0.25, 0.3) is 0 Å². The number of rotatable bonds is 4. The highest BCUT2D eigenvalue weighted by molar-refractivity contribution is 5.84. The average molecular weight is 486 g/mol. The Hall–Kier alpha value is -3.58. The lowest BCUT2D eigenvalue weighted by atomic mass is 9.86. The third-order valence-corrected chi connectivity index (χ3v) is 7.86. The molecule has 37 heavy (non-hydrogen) atoms. The fraction of sp³-hybridized carbons (Fsp3) is 0.278. The van der Waals surface area contributed by atoms with Crippen molar-refractivity contribution in [1.29, 1.82) is 0 Å². The molecule has 0 fully saturated rings. The van der Waals surface area contributed by atoms with Crippen molar-refractivity contribution < 1.29 is 0 Å². The lowest BCUT2D eigenvalue weighted by Crippen LogP contribution is -2.10. The second-order valence-electron chi connectivity index (χ2n) is 11.4. The molecule has 0 atom stereocenters. The van der Waals surface area contributed by atoms with Crippen LogP contribution < -0.4 is 10.7 Å². The molecule has 5 rings (SSSR count).